The first kappa shape index (κ1) is 20.3. The lowest BCUT2D eigenvalue weighted by molar-refractivity contribution is 0.0949. The van der Waals surface area contributed by atoms with Crippen LogP contribution < -0.4 is 15.9 Å². The first-order valence-electron chi connectivity index (χ1n) is 8.99. The zero-order chi connectivity index (χ0) is 20.6. The third-order valence-corrected chi connectivity index (χ3v) is 4.15. The summed E-state index contributed by atoms with van der Waals surface area (Å²) >= 11 is 6.17. The molecule has 0 atom stereocenters. The van der Waals surface area contributed by atoms with E-state index >= 15 is 0 Å². The Morgan fingerprint density at radius 3 is 2.76 bits per heavy atom. The molecule has 0 bridgehead atoms. The van der Waals surface area contributed by atoms with Gasteiger partial charge in [0.25, 0.3) is 5.91 Å². The van der Waals surface area contributed by atoms with Gasteiger partial charge in [0.2, 0.25) is 0 Å². The van der Waals surface area contributed by atoms with Crippen LogP contribution in [0.2, 0.25) is 5.02 Å². The summed E-state index contributed by atoms with van der Waals surface area (Å²) < 4.78 is 5.51. The lowest BCUT2D eigenvalue weighted by Crippen LogP contribution is -2.24. The number of aromatic amines is 1. The molecule has 0 radical (unpaired) electrons. The number of nitrogens with one attached hydrogen (secondary N) is 2. The molecular weight excluding hydrogens is 392 g/mol. The molecule has 0 saturated heterocycles. The molecule has 7 nitrogen and oxygen atoms in total. The van der Waals surface area contributed by atoms with Gasteiger partial charge < -0.3 is 9.72 Å². The molecule has 0 saturated carbocycles. The predicted molar refractivity (Wildman–Crippen MR) is 113 cm³/mol. The second kappa shape index (κ2) is 9.66. The maximum absolute atomic E-state index is 12.3. The van der Waals surface area contributed by atoms with Gasteiger partial charge in [0.05, 0.1) is 23.5 Å². The van der Waals surface area contributed by atoms with Gasteiger partial charge in [-0.15, -0.1) is 0 Å². The number of H-pyrrole nitrogens is 1. The molecule has 1 amide bonds. The van der Waals surface area contributed by atoms with Crippen molar-refractivity contribution in [2.24, 2.45) is 5.10 Å². The summed E-state index contributed by atoms with van der Waals surface area (Å²) in [7, 11) is 0. The highest BCUT2D eigenvalue weighted by Gasteiger charge is 2.10. The lowest BCUT2D eigenvalue weighted by atomic mass is 10.1. The molecule has 8 heteroatoms. The van der Waals surface area contributed by atoms with Crippen molar-refractivity contribution in [3.05, 3.63) is 81.4 Å². The Bertz CT molecular complexity index is 1080. The van der Waals surface area contributed by atoms with Crippen molar-refractivity contribution in [3.8, 4) is 17.0 Å². The van der Waals surface area contributed by atoms with Crippen molar-refractivity contribution in [2.45, 2.75) is 13.3 Å². The molecule has 1 heterocycles. The third-order valence-electron chi connectivity index (χ3n) is 3.86. The van der Waals surface area contributed by atoms with E-state index in [2.05, 4.69) is 20.5 Å². The monoisotopic (exact) mass is 410 g/mol. The first-order chi connectivity index (χ1) is 14.1. The minimum atomic E-state index is -0.616. The van der Waals surface area contributed by atoms with Crippen LogP contribution in [0.3, 0.4) is 0 Å². The molecule has 148 valence electrons. The number of nitrogens with zero attached hydrogens (tertiary/aromatic N) is 2. The van der Waals surface area contributed by atoms with Gasteiger partial charge in [-0.1, -0.05) is 48.9 Å². The summed E-state index contributed by atoms with van der Waals surface area (Å²) in [5, 5.41) is 4.37. The Morgan fingerprint density at radius 1 is 1.24 bits per heavy atom. The smallest absolute Gasteiger partial charge is 0.346 e. The molecule has 2 N–H and O–H groups in total. The van der Waals surface area contributed by atoms with Gasteiger partial charge in [0.15, 0.2) is 0 Å². The van der Waals surface area contributed by atoms with Crippen LogP contribution in [0.1, 0.15) is 29.4 Å². The summed E-state index contributed by atoms with van der Waals surface area (Å²) in [6.45, 7) is 2.59. The van der Waals surface area contributed by atoms with Crippen LogP contribution in [0.25, 0.3) is 11.3 Å². The second-order valence-corrected chi connectivity index (χ2v) is 6.50. The van der Waals surface area contributed by atoms with Crippen molar-refractivity contribution in [3.63, 3.8) is 0 Å². The summed E-state index contributed by atoms with van der Waals surface area (Å²) in [5.41, 5.74) is 3.64. The first-order valence-corrected chi connectivity index (χ1v) is 9.37. The number of hydrogen-bond donors (Lipinski definition) is 2. The average molecular weight is 411 g/mol. The van der Waals surface area contributed by atoms with E-state index in [0.29, 0.717) is 28.6 Å². The van der Waals surface area contributed by atoms with Crippen LogP contribution in [0, 0.1) is 0 Å². The van der Waals surface area contributed by atoms with E-state index in [0.717, 1.165) is 12.0 Å². The molecule has 0 spiro atoms. The molecule has 3 aromatic rings. The average Bonchev–Trinajstić information content (AvgIpc) is 2.73. The molecule has 0 aliphatic rings. The van der Waals surface area contributed by atoms with E-state index in [1.807, 2.05) is 25.1 Å². The van der Waals surface area contributed by atoms with Crippen LogP contribution in [-0.2, 0) is 0 Å². The van der Waals surface area contributed by atoms with Gasteiger partial charge in [0, 0.05) is 5.56 Å². The highest BCUT2D eigenvalue weighted by atomic mass is 35.5. The van der Waals surface area contributed by atoms with Crippen molar-refractivity contribution in [1.82, 2.24) is 15.4 Å². The molecule has 0 aliphatic heterocycles. The standard InChI is InChI=1S/C21H19ClN4O3/c1-2-10-29-19-9-8-14(11-16(19)22)13-23-26-20(27)18-12-17(24-21(28)25-18)15-6-4-3-5-7-15/h3-9,11-13H,2,10H2,1H3,(H,26,27)(H,24,25,28)/b23-13+. The zero-order valence-electron chi connectivity index (χ0n) is 15.7. The van der Waals surface area contributed by atoms with E-state index in [4.69, 9.17) is 16.3 Å². The Kier molecular flexibility index (Phi) is 6.76. The second-order valence-electron chi connectivity index (χ2n) is 6.09. The van der Waals surface area contributed by atoms with E-state index in [1.54, 1.807) is 30.3 Å². The number of ether oxygens (including phenoxy) is 1. The number of carbonyl (C=O) groups excluding carboxylic acids is 1. The minimum Gasteiger partial charge on any atom is -0.492 e. The lowest BCUT2D eigenvalue weighted by Gasteiger charge is -2.07. The van der Waals surface area contributed by atoms with Gasteiger partial charge in [-0.05, 0) is 36.2 Å². The molecule has 2 aromatic carbocycles. The van der Waals surface area contributed by atoms with Gasteiger partial charge in [-0.3, -0.25) is 4.79 Å². The fraction of sp³-hybridized carbons (Fsp3) is 0.143. The number of halogens is 1. The van der Waals surface area contributed by atoms with Gasteiger partial charge in [0.1, 0.15) is 11.4 Å². The Labute approximate surface area is 172 Å². The van der Waals surface area contributed by atoms with E-state index in [1.165, 1.54) is 12.3 Å². The summed E-state index contributed by atoms with van der Waals surface area (Å²) in [4.78, 5) is 30.5. The van der Waals surface area contributed by atoms with Gasteiger partial charge in [-0.2, -0.15) is 10.1 Å². The number of hydrogen-bond acceptors (Lipinski definition) is 5. The van der Waals surface area contributed by atoms with Crippen LogP contribution in [0.5, 0.6) is 5.75 Å². The molecule has 0 aliphatic carbocycles. The quantitative estimate of drug-likeness (QED) is 0.459. The number of rotatable bonds is 7. The Morgan fingerprint density at radius 2 is 2.03 bits per heavy atom. The Balaban J connectivity index is 1.70. The highest BCUT2D eigenvalue weighted by Crippen LogP contribution is 2.25. The fourth-order valence-electron chi connectivity index (χ4n) is 2.49. The number of carbonyl (C=O) groups is 1. The van der Waals surface area contributed by atoms with Crippen LogP contribution >= 0.6 is 11.6 Å². The fourth-order valence-corrected chi connectivity index (χ4v) is 2.73. The topological polar surface area (TPSA) is 96.4 Å². The van der Waals surface area contributed by atoms with Crippen molar-refractivity contribution in [2.75, 3.05) is 6.61 Å². The number of amides is 1. The van der Waals surface area contributed by atoms with E-state index in [-0.39, 0.29) is 5.69 Å². The molecule has 3 rings (SSSR count). The van der Waals surface area contributed by atoms with Crippen LogP contribution in [0.4, 0.5) is 0 Å². The summed E-state index contributed by atoms with van der Waals surface area (Å²) in [6.07, 6.45) is 2.33. The van der Waals surface area contributed by atoms with E-state index < -0.39 is 11.6 Å². The molecular formula is C21H19ClN4O3. The molecule has 0 unspecified atom stereocenters. The predicted octanol–water partition coefficient (Wildman–Crippen LogP) is 3.64. The Hall–Kier alpha value is -3.45. The maximum Gasteiger partial charge on any atom is 0.346 e. The minimum absolute atomic E-state index is 0.0577. The van der Waals surface area contributed by atoms with Crippen LogP contribution in [-0.4, -0.2) is 28.7 Å². The van der Waals surface area contributed by atoms with Gasteiger partial charge in [-0.25, -0.2) is 10.2 Å². The van der Waals surface area contributed by atoms with E-state index in [9.17, 15) is 9.59 Å². The number of aromatic nitrogens is 2. The molecule has 0 fully saturated rings. The van der Waals surface area contributed by atoms with Gasteiger partial charge >= 0.3 is 5.69 Å². The zero-order valence-corrected chi connectivity index (χ0v) is 16.4. The highest BCUT2D eigenvalue weighted by molar-refractivity contribution is 6.32. The van der Waals surface area contributed by atoms with Crippen LogP contribution in [0.15, 0.2) is 64.5 Å². The van der Waals surface area contributed by atoms with Crippen molar-refractivity contribution >= 4 is 23.7 Å². The number of hydrazone groups is 1. The van der Waals surface area contributed by atoms with Crippen molar-refractivity contribution in [1.29, 1.82) is 0 Å². The summed E-state index contributed by atoms with van der Waals surface area (Å²) in [6, 6.07) is 15.8. The largest absolute Gasteiger partial charge is 0.492 e. The summed E-state index contributed by atoms with van der Waals surface area (Å²) in [5.74, 6) is 0.0319. The maximum atomic E-state index is 12.3. The molecule has 29 heavy (non-hydrogen) atoms. The number of benzene rings is 2. The SMILES string of the molecule is CCCOc1ccc(/C=N/NC(=O)c2cc(-c3ccccc3)nc(=O)[nH]2)cc1Cl. The van der Waals surface area contributed by atoms with Crippen molar-refractivity contribution < 1.29 is 9.53 Å². The molecule has 1 aromatic heterocycles. The third kappa shape index (κ3) is 5.52. The normalized spacial score (nSPS) is 10.8.